The van der Waals surface area contributed by atoms with Gasteiger partial charge in [-0.3, -0.25) is 0 Å². The second-order valence-corrected chi connectivity index (χ2v) is 4.72. The molecular formula is C15H13F5N2O. The van der Waals surface area contributed by atoms with Crippen molar-refractivity contribution in [2.45, 2.75) is 25.8 Å². The summed E-state index contributed by atoms with van der Waals surface area (Å²) in [6.45, 7) is -1.20. The number of nitrogens with one attached hydrogen (secondary N) is 1. The Labute approximate surface area is 129 Å². The van der Waals surface area contributed by atoms with Crippen LogP contribution < -0.4 is 10.1 Å². The molecule has 1 aromatic heterocycles. The van der Waals surface area contributed by atoms with E-state index in [1.807, 2.05) is 0 Å². The topological polar surface area (TPSA) is 34.2 Å². The molecule has 0 bridgehead atoms. The standard InChI is InChI=1S/C15H13F5N2O/c1-9(10-5-7-11(8-6-10)23-14(16)17)21-13-4-2-3-12(22-13)15(18,19)20/h2-9,14H,1H3,(H,21,22). The molecule has 0 saturated heterocycles. The van der Waals surface area contributed by atoms with Crippen LogP contribution in [0.25, 0.3) is 0 Å². The summed E-state index contributed by atoms with van der Waals surface area (Å²) in [5, 5.41) is 2.83. The molecule has 0 aliphatic carbocycles. The molecule has 3 nitrogen and oxygen atoms in total. The highest BCUT2D eigenvalue weighted by molar-refractivity contribution is 5.40. The summed E-state index contributed by atoms with van der Waals surface area (Å²) in [5.41, 5.74) is -0.304. The van der Waals surface area contributed by atoms with E-state index in [1.54, 1.807) is 19.1 Å². The predicted molar refractivity (Wildman–Crippen MR) is 74.4 cm³/mol. The van der Waals surface area contributed by atoms with Crippen molar-refractivity contribution < 1.29 is 26.7 Å². The molecule has 23 heavy (non-hydrogen) atoms. The van der Waals surface area contributed by atoms with E-state index in [-0.39, 0.29) is 17.6 Å². The third-order valence-electron chi connectivity index (χ3n) is 3.01. The number of hydrogen-bond donors (Lipinski definition) is 1. The van der Waals surface area contributed by atoms with Crippen LogP contribution in [0.2, 0.25) is 0 Å². The third kappa shape index (κ3) is 4.80. The summed E-state index contributed by atoms with van der Waals surface area (Å²) in [7, 11) is 0. The van der Waals surface area contributed by atoms with Gasteiger partial charge in [0.1, 0.15) is 17.3 Å². The lowest BCUT2D eigenvalue weighted by Crippen LogP contribution is -2.12. The van der Waals surface area contributed by atoms with Crippen LogP contribution in [-0.2, 0) is 6.18 Å². The lowest BCUT2D eigenvalue weighted by Gasteiger charge is -2.16. The summed E-state index contributed by atoms with van der Waals surface area (Å²) in [5.74, 6) is 0.0772. The van der Waals surface area contributed by atoms with Gasteiger partial charge in [-0.05, 0) is 36.8 Å². The van der Waals surface area contributed by atoms with Gasteiger partial charge in [-0.1, -0.05) is 18.2 Å². The van der Waals surface area contributed by atoms with Gasteiger partial charge in [0.2, 0.25) is 0 Å². The number of hydrogen-bond acceptors (Lipinski definition) is 3. The van der Waals surface area contributed by atoms with Crippen molar-refractivity contribution in [1.82, 2.24) is 4.98 Å². The van der Waals surface area contributed by atoms with Crippen LogP contribution >= 0.6 is 0 Å². The largest absolute Gasteiger partial charge is 0.435 e. The van der Waals surface area contributed by atoms with Gasteiger partial charge in [-0.25, -0.2) is 4.98 Å². The highest BCUT2D eigenvalue weighted by atomic mass is 19.4. The van der Waals surface area contributed by atoms with Crippen LogP contribution in [0.15, 0.2) is 42.5 Å². The minimum Gasteiger partial charge on any atom is -0.435 e. The zero-order valence-corrected chi connectivity index (χ0v) is 11.9. The fraction of sp³-hybridized carbons (Fsp3) is 0.267. The second kappa shape index (κ2) is 6.80. The van der Waals surface area contributed by atoms with Crippen molar-refractivity contribution in [1.29, 1.82) is 0 Å². The normalized spacial score (nSPS) is 13.0. The minimum absolute atomic E-state index is 0.00754. The Hall–Kier alpha value is -2.38. The Balaban J connectivity index is 2.08. The van der Waals surface area contributed by atoms with Crippen LogP contribution in [-0.4, -0.2) is 11.6 Å². The van der Waals surface area contributed by atoms with E-state index in [0.717, 1.165) is 6.07 Å². The molecule has 0 aliphatic heterocycles. The number of alkyl halides is 5. The molecule has 1 N–H and O–H groups in total. The quantitative estimate of drug-likeness (QED) is 0.793. The smallest absolute Gasteiger partial charge is 0.433 e. The summed E-state index contributed by atoms with van der Waals surface area (Å²) in [6.07, 6.45) is -4.52. The maximum absolute atomic E-state index is 12.6. The number of benzene rings is 1. The van der Waals surface area contributed by atoms with Gasteiger partial charge in [0.05, 0.1) is 0 Å². The van der Waals surface area contributed by atoms with Crippen LogP contribution in [0, 0.1) is 0 Å². The fourth-order valence-electron chi connectivity index (χ4n) is 1.92. The molecule has 8 heteroatoms. The number of ether oxygens (including phenoxy) is 1. The molecule has 0 saturated carbocycles. The molecular weight excluding hydrogens is 319 g/mol. The number of rotatable bonds is 5. The fourth-order valence-corrected chi connectivity index (χ4v) is 1.92. The molecule has 0 radical (unpaired) electrons. The van der Waals surface area contributed by atoms with Crippen LogP contribution in [0.4, 0.5) is 27.8 Å². The lowest BCUT2D eigenvalue weighted by molar-refractivity contribution is -0.141. The molecule has 0 aliphatic rings. The molecule has 124 valence electrons. The van der Waals surface area contributed by atoms with E-state index >= 15 is 0 Å². The van der Waals surface area contributed by atoms with Crippen LogP contribution in [0.1, 0.15) is 24.2 Å². The van der Waals surface area contributed by atoms with Crippen molar-refractivity contribution in [3.05, 3.63) is 53.7 Å². The average molecular weight is 332 g/mol. The Kier molecular flexibility index (Phi) is 5.02. The number of pyridine rings is 1. The molecule has 2 rings (SSSR count). The van der Waals surface area contributed by atoms with Gasteiger partial charge in [0.25, 0.3) is 0 Å². The molecule has 1 unspecified atom stereocenters. The number of aromatic nitrogens is 1. The van der Waals surface area contributed by atoms with E-state index < -0.39 is 18.5 Å². The highest BCUT2D eigenvalue weighted by Crippen LogP contribution is 2.29. The SMILES string of the molecule is CC(Nc1cccc(C(F)(F)F)n1)c1ccc(OC(F)F)cc1. The number of halogens is 5. The maximum Gasteiger partial charge on any atom is 0.433 e. The third-order valence-corrected chi connectivity index (χ3v) is 3.01. The molecule has 1 aromatic carbocycles. The van der Waals surface area contributed by atoms with Gasteiger partial charge in [0.15, 0.2) is 0 Å². The Morgan fingerprint density at radius 1 is 1.04 bits per heavy atom. The first-order valence-electron chi connectivity index (χ1n) is 6.61. The molecule has 0 amide bonds. The van der Waals surface area contributed by atoms with Gasteiger partial charge in [-0.15, -0.1) is 0 Å². The van der Waals surface area contributed by atoms with Crippen molar-refractivity contribution in [3.8, 4) is 5.75 Å². The van der Waals surface area contributed by atoms with E-state index in [2.05, 4.69) is 15.0 Å². The van der Waals surface area contributed by atoms with E-state index in [0.29, 0.717) is 5.56 Å². The van der Waals surface area contributed by atoms with E-state index in [4.69, 9.17) is 0 Å². The Morgan fingerprint density at radius 3 is 2.26 bits per heavy atom. The second-order valence-electron chi connectivity index (χ2n) is 4.72. The van der Waals surface area contributed by atoms with Crippen molar-refractivity contribution in [2.75, 3.05) is 5.32 Å². The molecule has 1 atom stereocenters. The van der Waals surface area contributed by atoms with Crippen molar-refractivity contribution >= 4 is 5.82 Å². The predicted octanol–water partition coefficient (Wildman–Crippen LogP) is 4.87. The van der Waals surface area contributed by atoms with Gasteiger partial charge < -0.3 is 10.1 Å². The zero-order valence-electron chi connectivity index (χ0n) is 11.9. The first-order chi connectivity index (χ1) is 10.8. The van der Waals surface area contributed by atoms with Crippen LogP contribution in [0.3, 0.4) is 0 Å². The van der Waals surface area contributed by atoms with Crippen LogP contribution in [0.5, 0.6) is 5.75 Å². The van der Waals surface area contributed by atoms with E-state index in [9.17, 15) is 22.0 Å². The van der Waals surface area contributed by atoms with Gasteiger partial charge in [0, 0.05) is 6.04 Å². The maximum atomic E-state index is 12.6. The average Bonchev–Trinajstić information content (AvgIpc) is 2.46. The molecule has 2 aromatic rings. The lowest BCUT2D eigenvalue weighted by atomic mass is 10.1. The van der Waals surface area contributed by atoms with E-state index in [1.165, 1.54) is 24.3 Å². The molecule has 0 fully saturated rings. The summed E-state index contributed by atoms with van der Waals surface area (Å²) >= 11 is 0. The summed E-state index contributed by atoms with van der Waals surface area (Å²) < 4.78 is 66.2. The first-order valence-corrected chi connectivity index (χ1v) is 6.61. The minimum atomic E-state index is -4.52. The van der Waals surface area contributed by atoms with Gasteiger partial charge in [-0.2, -0.15) is 22.0 Å². The highest BCUT2D eigenvalue weighted by Gasteiger charge is 2.32. The Morgan fingerprint density at radius 2 is 1.70 bits per heavy atom. The first kappa shape index (κ1) is 17.0. The monoisotopic (exact) mass is 332 g/mol. The molecule has 0 spiro atoms. The zero-order chi connectivity index (χ0) is 17.0. The van der Waals surface area contributed by atoms with Crippen molar-refractivity contribution in [2.24, 2.45) is 0 Å². The van der Waals surface area contributed by atoms with Gasteiger partial charge >= 0.3 is 12.8 Å². The molecule has 1 heterocycles. The summed E-state index contributed by atoms with van der Waals surface area (Å²) in [4.78, 5) is 3.51. The Bertz CT molecular complexity index is 643. The number of nitrogens with zero attached hydrogens (tertiary/aromatic N) is 1. The number of anilines is 1. The summed E-state index contributed by atoms with van der Waals surface area (Å²) in [6, 6.07) is 8.99. The van der Waals surface area contributed by atoms with Crippen molar-refractivity contribution in [3.63, 3.8) is 0 Å².